The summed E-state index contributed by atoms with van der Waals surface area (Å²) in [6.45, 7) is 0. The van der Waals surface area contributed by atoms with Gasteiger partial charge in [0.15, 0.2) is 5.82 Å². The Morgan fingerprint density at radius 1 is 0.308 bits per heavy atom. The Labute approximate surface area is 300 Å². The van der Waals surface area contributed by atoms with Gasteiger partial charge in [-0.15, -0.1) is 0 Å². The number of hydrogen-bond donors (Lipinski definition) is 0. The van der Waals surface area contributed by atoms with Gasteiger partial charge in [-0.3, -0.25) is 0 Å². The van der Waals surface area contributed by atoms with Crippen LogP contribution in [0.5, 0.6) is 0 Å². The summed E-state index contributed by atoms with van der Waals surface area (Å²) in [6.07, 6.45) is 5.20. The van der Waals surface area contributed by atoms with Crippen molar-refractivity contribution in [2.75, 3.05) is 0 Å². The summed E-state index contributed by atoms with van der Waals surface area (Å²) in [5.41, 5.74) is 9.17. The SMILES string of the molecule is c1ccc(-c2nc(-c3ccc(-c4cncnc4)cc3)cc(-c3ccc(-c4cc5c6ccccc6c6ccccc6c5c5ccccc45)cc3)n2)cc1. The molecule has 52 heavy (non-hydrogen) atoms. The van der Waals surface area contributed by atoms with Crippen molar-refractivity contribution in [3.8, 4) is 56.2 Å². The molecule has 4 heteroatoms. The molecule has 8 aromatic carbocycles. The molecule has 0 aliphatic rings. The first-order chi connectivity index (χ1) is 25.8. The third kappa shape index (κ3) is 5.09. The topological polar surface area (TPSA) is 51.6 Å². The zero-order chi connectivity index (χ0) is 34.4. The number of fused-ring (bicyclic) bond motifs is 8. The average Bonchev–Trinajstić information content (AvgIpc) is 3.24. The maximum atomic E-state index is 5.09. The van der Waals surface area contributed by atoms with E-state index in [-0.39, 0.29) is 0 Å². The van der Waals surface area contributed by atoms with Gasteiger partial charge in [-0.1, -0.05) is 152 Å². The summed E-state index contributed by atoms with van der Waals surface area (Å²) in [5, 5.41) is 10.2. The Balaban J connectivity index is 1.11. The molecule has 0 amide bonds. The molecule has 10 aromatic rings. The zero-order valence-corrected chi connectivity index (χ0v) is 28.1. The second-order valence-corrected chi connectivity index (χ2v) is 13.1. The quantitative estimate of drug-likeness (QED) is 0.172. The molecule has 0 saturated heterocycles. The second kappa shape index (κ2) is 12.4. The van der Waals surface area contributed by atoms with Gasteiger partial charge in [0.1, 0.15) is 6.33 Å². The molecule has 0 N–H and O–H groups in total. The molecule has 0 aliphatic carbocycles. The molecule has 0 aliphatic heterocycles. The highest BCUT2D eigenvalue weighted by atomic mass is 14.9. The minimum Gasteiger partial charge on any atom is -0.244 e. The Morgan fingerprint density at radius 3 is 1.38 bits per heavy atom. The third-order valence-electron chi connectivity index (χ3n) is 10.1. The van der Waals surface area contributed by atoms with Gasteiger partial charge in [0.05, 0.1) is 11.4 Å². The van der Waals surface area contributed by atoms with E-state index in [4.69, 9.17) is 9.97 Å². The van der Waals surface area contributed by atoms with Crippen LogP contribution in [0.4, 0.5) is 0 Å². The fourth-order valence-corrected chi connectivity index (χ4v) is 7.57. The normalized spacial score (nSPS) is 11.5. The molecule has 0 bridgehead atoms. The zero-order valence-electron chi connectivity index (χ0n) is 28.1. The van der Waals surface area contributed by atoms with Crippen LogP contribution in [0.25, 0.3) is 99.2 Å². The fraction of sp³-hybridized carbons (Fsp3) is 0. The van der Waals surface area contributed by atoms with Crippen LogP contribution in [-0.4, -0.2) is 19.9 Å². The number of aromatic nitrogens is 4. The minimum atomic E-state index is 0.692. The highest BCUT2D eigenvalue weighted by Gasteiger charge is 2.16. The molecule has 2 aromatic heterocycles. The highest BCUT2D eigenvalue weighted by Crippen LogP contribution is 2.43. The lowest BCUT2D eigenvalue weighted by Crippen LogP contribution is -1.96. The second-order valence-electron chi connectivity index (χ2n) is 13.1. The van der Waals surface area contributed by atoms with Gasteiger partial charge in [-0.05, 0) is 71.9 Å². The lowest BCUT2D eigenvalue weighted by molar-refractivity contribution is 1.17. The summed E-state index contributed by atoms with van der Waals surface area (Å²) >= 11 is 0. The summed E-state index contributed by atoms with van der Waals surface area (Å²) in [5.74, 6) is 0.692. The molecule has 2 heterocycles. The van der Waals surface area contributed by atoms with E-state index in [1.807, 2.05) is 30.6 Å². The van der Waals surface area contributed by atoms with Gasteiger partial charge in [-0.2, -0.15) is 0 Å². The van der Waals surface area contributed by atoms with Gasteiger partial charge < -0.3 is 0 Å². The van der Waals surface area contributed by atoms with Crippen molar-refractivity contribution in [2.45, 2.75) is 0 Å². The minimum absolute atomic E-state index is 0.692. The van der Waals surface area contributed by atoms with Crippen LogP contribution in [0.2, 0.25) is 0 Å². The predicted octanol–water partition coefficient (Wildman–Crippen LogP) is 12.2. The van der Waals surface area contributed by atoms with Crippen LogP contribution in [0.1, 0.15) is 0 Å². The van der Waals surface area contributed by atoms with Crippen molar-refractivity contribution < 1.29 is 0 Å². The van der Waals surface area contributed by atoms with Gasteiger partial charge in [-0.25, -0.2) is 19.9 Å². The van der Waals surface area contributed by atoms with Crippen LogP contribution in [-0.2, 0) is 0 Å². The molecule has 0 fully saturated rings. The van der Waals surface area contributed by atoms with E-state index < -0.39 is 0 Å². The third-order valence-corrected chi connectivity index (χ3v) is 10.1. The Kier molecular flexibility index (Phi) is 7.10. The largest absolute Gasteiger partial charge is 0.244 e. The molecule has 10 rings (SSSR count). The summed E-state index contributed by atoms with van der Waals surface area (Å²) in [7, 11) is 0. The van der Waals surface area contributed by atoms with E-state index in [1.54, 1.807) is 6.33 Å². The van der Waals surface area contributed by atoms with E-state index in [0.717, 1.165) is 44.8 Å². The average molecular weight is 663 g/mol. The van der Waals surface area contributed by atoms with Crippen LogP contribution in [0.15, 0.2) is 183 Å². The molecule has 4 nitrogen and oxygen atoms in total. The van der Waals surface area contributed by atoms with E-state index in [1.165, 1.54) is 48.7 Å². The van der Waals surface area contributed by atoms with Crippen molar-refractivity contribution >= 4 is 43.1 Å². The highest BCUT2D eigenvalue weighted by molar-refractivity contribution is 6.33. The maximum Gasteiger partial charge on any atom is 0.160 e. The Morgan fingerprint density at radius 2 is 0.769 bits per heavy atom. The van der Waals surface area contributed by atoms with E-state index in [2.05, 4.69) is 156 Å². The Bertz CT molecular complexity index is 2920. The first-order valence-electron chi connectivity index (χ1n) is 17.4. The van der Waals surface area contributed by atoms with Crippen molar-refractivity contribution in [3.05, 3.63) is 183 Å². The molecule has 0 atom stereocenters. The predicted molar refractivity (Wildman–Crippen MR) is 215 cm³/mol. The molecule has 0 unspecified atom stereocenters. The number of rotatable bonds is 5. The van der Waals surface area contributed by atoms with Crippen molar-refractivity contribution in [1.29, 1.82) is 0 Å². The van der Waals surface area contributed by atoms with E-state index in [9.17, 15) is 0 Å². The van der Waals surface area contributed by atoms with Gasteiger partial charge in [0.25, 0.3) is 0 Å². The lowest BCUT2D eigenvalue weighted by Gasteiger charge is -2.16. The molecular weight excluding hydrogens is 633 g/mol. The first kappa shape index (κ1) is 29.8. The first-order valence-corrected chi connectivity index (χ1v) is 17.4. The number of hydrogen-bond acceptors (Lipinski definition) is 4. The van der Waals surface area contributed by atoms with Crippen molar-refractivity contribution in [2.24, 2.45) is 0 Å². The van der Waals surface area contributed by atoms with Crippen molar-refractivity contribution in [1.82, 2.24) is 19.9 Å². The molecule has 0 saturated carbocycles. The van der Waals surface area contributed by atoms with E-state index >= 15 is 0 Å². The standard InChI is InChI=1S/C48H30N4/c1-2-10-35(11-3-1)48-51-45(33-22-18-31(19-23-33)36-28-49-30-50-29-36)27-46(52-48)34-24-20-32(21-25-34)43-26-44-39-14-5-4-12-37(39)38-13-6-8-16-41(38)47(44)42-17-9-7-15-40(42)43/h1-30H. The van der Waals surface area contributed by atoms with E-state index in [0.29, 0.717) is 5.82 Å². The summed E-state index contributed by atoms with van der Waals surface area (Å²) < 4.78 is 0. The fourth-order valence-electron chi connectivity index (χ4n) is 7.57. The van der Waals surface area contributed by atoms with Gasteiger partial charge >= 0.3 is 0 Å². The molecule has 0 spiro atoms. The van der Waals surface area contributed by atoms with Crippen LogP contribution >= 0.6 is 0 Å². The van der Waals surface area contributed by atoms with Crippen LogP contribution in [0, 0.1) is 0 Å². The van der Waals surface area contributed by atoms with Crippen molar-refractivity contribution in [3.63, 3.8) is 0 Å². The monoisotopic (exact) mass is 662 g/mol. The Hall–Kier alpha value is -7.04. The lowest BCUT2D eigenvalue weighted by atomic mass is 9.87. The summed E-state index contributed by atoms with van der Waals surface area (Å²) in [6, 6.07) is 58.3. The molecule has 242 valence electrons. The maximum absolute atomic E-state index is 5.09. The van der Waals surface area contributed by atoms with Crippen LogP contribution < -0.4 is 0 Å². The summed E-state index contributed by atoms with van der Waals surface area (Å²) in [4.78, 5) is 18.5. The van der Waals surface area contributed by atoms with Gasteiger partial charge in [0, 0.05) is 34.6 Å². The molecular formula is C48H30N4. The number of benzene rings is 8. The van der Waals surface area contributed by atoms with Gasteiger partial charge in [0.2, 0.25) is 0 Å². The van der Waals surface area contributed by atoms with Crippen LogP contribution in [0.3, 0.4) is 0 Å². The smallest absolute Gasteiger partial charge is 0.160 e. The molecule has 0 radical (unpaired) electrons. The number of nitrogens with zero attached hydrogens (tertiary/aromatic N) is 4.